The lowest BCUT2D eigenvalue weighted by Gasteiger charge is -1.97. The van der Waals surface area contributed by atoms with Gasteiger partial charge in [-0.3, -0.25) is 15.0 Å². The lowest BCUT2D eigenvalue weighted by Crippen LogP contribution is -2.28. The van der Waals surface area contributed by atoms with Crippen LogP contribution in [0.15, 0.2) is 52.2 Å². The van der Waals surface area contributed by atoms with Crippen molar-refractivity contribution in [1.82, 2.24) is 15.0 Å². The first-order chi connectivity index (χ1) is 7.67. The highest BCUT2D eigenvalue weighted by Crippen LogP contribution is 1.92. The van der Waals surface area contributed by atoms with Gasteiger partial charge in [0.25, 0.3) is 0 Å². The van der Waals surface area contributed by atoms with E-state index in [-0.39, 0.29) is 5.82 Å². The van der Waals surface area contributed by atoms with E-state index in [0.29, 0.717) is 5.71 Å². The number of hydrogen-bond acceptors (Lipinski definition) is 4. The first kappa shape index (κ1) is 11.6. The van der Waals surface area contributed by atoms with E-state index in [1.54, 1.807) is 12.2 Å². The highest BCUT2D eigenvalue weighted by molar-refractivity contribution is 6.06. The Morgan fingerprint density at radius 2 is 2.06 bits per heavy atom. The molecule has 6 heteroatoms. The zero-order valence-electron chi connectivity index (χ0n) is 8.43. The molecule has 0 bridgehead atoms. The number of hydrogen-bond donors (Lipinski definition) is 2. The van der Waals surface area contributed by atoms with Crippen molar-refractivity contribution in [3.05, 3.63) is 64.4 Å². The van der Waals surface area contributed by atoms with Gasteiger partial charge in [-0.05, 0) is 6.08 Å². The van der Waals surface area contributed by atoms with Crippen LogP contribution in [-0.4, -0.2) is 20.7 Å². The number of nitrogens with one attached hydrogen (secondary N) is 2. The fraction of sp³-hybridized carbons (Fsp3) is 0. The van der Waals surface area contributed by atoms with Gasteiger partial charge in [0, 0.05) is 6.20 Å². The van der Waals surface area contributed by atoms with Gasteiger partial charge in [0.1, 0.15) is 5.71 Å². The van der Waals surface area contributed by atoms with E-state index < -0.39 is 11.4 Å². The molecule has 0 saturated carbocycles. The van der Waals surface area contributed by atoms with E-state index in [9.17, 15) is 9.59 Å². The minimum absolute atomic E-state index is 0.0757. The molecule has 0 aliphatic rings. The highest BCUT2D eigenvalue weighted by Gasteiger charge is 2.03. The Morgan fingerprint density at radius 3 is 2.62 bits per heavy atom. The maximum atomic E-state index is 11.0. The molecule has 0 radical (unpaired) electrons. The summed E-state index contributed by atoms with van der Waals surface area (Å²) in [6.07, 6.45) is 5.96. The summed E-state index contributed by atoms with van der Waals surface area (Å²) in [6.45, 7) is 6.92. The van der Waals surface area contributed by atoms with Crippen molar-refractivity contribution in [3.8, 4) is 0 Å². The number of allylic oxidation sites excluding steroid dienone is 3. The largest absolute Gasteiger partial charge is 0.351 e. The van der Waals surface area contributed by atoms with Crippen LogP contribution in [0.25, 0.3) is 0 Å². The van der Waals surface area contributed by atoms with Gasteiger partial charge >= 0.3 is 11.4 Å². The van der Waals surface area contributed by atoms with Crippen molar-refractivity contribution in [1.29, 1.82) is 0 Å². The number of nitrogens with zero attached hydrogens (tertiary/aromatic N) is 2. The molecular formula is C10H10N4O2. The number of rotatable bonds is 4. The Balaban J connectivity index is 3.31. The molecule has 0 aromatic carbocycles. The van der Waals surface area contributed by atoms with Crippen molar-refractivity contribution in [2.75, 3.05) is 0 Å². The van der Waals surface area contributed by atoms with Crippen molar-refractivity contribution in [2.24, 2.45) is 4.99 Å². The topological polar surface area (TPSA) is 91.0 Å². The number of aromatic amines is 2. The molecule has 0 spiro atoms. The van der Waals surface area contributed by atoms with E-state index in [0.717, 1.165) is 0 Å². The SMILES string of the molecule is C=C/C=C\C(=N/C=C)c1nc(=O)[nH]c(=O)[nH]1. The Hall–Kier alpha value is -2.50. The average Bonchev–Trinajstić information content (AvgIpc) is 2.22. The van der Waals surface area contributed by atoms with Gasteiger partial charge in [-0.2, -0.15) is 4.98 Å². The van der Waals surface area contributed by atoms with Gasteiger partial charge in [-0.25, -0.2) is 9.59 Å². The van der Waals surface area contributed by atoms with E-state index in [1.807, 2.05) is 4.98 Å². The lowest BCUT2D eigenvalue weighted by atomic mass is 10.3. The second-order valence-electron chi connectivity index (χ2n) is 2.64. The van der Waals surface area contributed by atoms with Crippen LogP contribution in [0.5, 0.6) is 0 Å². The van der Waals surface area contributed by atoms with Crippen LogP contribution in [0.1, 0.15) is 5.82 Å². The fourth-order valence-electron chi connectivity index (χ4n) is 0.955. The molecule has 0 aliphatic carbocycles. The van der Waals surface area contributed by atoms with Gasteiger partial charge in [0.15, 0.2) is 5.82 Å². The molecule has 16 heavy (non-hydrogen) atoms. The Morgan fingerprint density at radius 1 is 1.31 bits per heavy atom. The Bertz CT molecular complexity index is 534. The number of aromatic nitrogens is 3. The molecule has 0 atom stereocenters. The summed E-state index contributed by atoms with van der Waals surface area (Å²) in [6, 6.07) is 0. The second-order valence-corrected chi connectivity index (χ2v) is 2.64. The number of aliphatic imine (C=N–C) groups is 1. The summed E-state index contributed by atoms with van der Waals surface area (Å²) in [5, 5.41) is 0. The van der Waals surface area contributed by atoms with Crippen molar-refractivity contribution < 1.29 is 0 Å². The van der Waals surface area contributed by atoms with Crippen LogP contribution in [0.3, 0.4) is 0 Å². The van der Waals surface area contributed by atoms with Crippen molar-refractivity contribution >= 4 is 5.71 Å². The van der Waals surface area contributed by atoms with Crippen LogP contribution in [0.4, 0.5) is 0 Å². The molecule has 0 amide bonds. The van der Waals surface area contributed by atoms with Crippen LogP contribution >= 0.6 is 0 Å². The predicted octanol–water partition coefficient (Wildman–Crippen LogP) is 0.133. The summed E-state index contributed by atoms with van der Waals surface area (Å²) in [5.41, 5.74) is -1.06. The molecule has 6 nitrogen and oxygen atoms in total. The van der Waals surface area contributed by atoms with Gasteiger partial charge in [-0.15, -0.1) is 0 Å². The third-order valence-electron chi connectivity index (χ3n) is 1.53. The zero-order valence-corrected chi connectivity index (χ0v) is 8.43. The third kappa shape index (κ3) is 3.02. The first-order valence-corrected chi connectivity index (χ1v) is 4.36. The molecule has 0 fully saturated rings. The third-order valence-corrected chi connectivity index (χ3v) is 1.53. The Labute approximate surface area is 90.8 Å². The summed E-state index contributed by atoms with van der Waals surface area (Å²) in [4.78, 5) is 33.8. The summed E-state index contributed by atoms with van der Waals surface area (Å²) >= 11 is 0. The second kappa shape index (κ2) is 5.40. The smallest absolute Gasteiger partial charge is 0.290 e. The minimum atomic E-state index is -0.734. The summed E-state index contributed by atoms with van der Waals surface area (Å²) in [7, 11) is 0. The molecule has 0 saturated heterocycles. The number of H-pyrrole nitrogens is 2. The van der Waals surface area contributed by atoms with Crippen LogP contribution in [0, 0.1) is 0 Å². The lowest BCUT2D eigenvalue weighted by molar-refractivity contribution is 0.919. The highest BCUT2D eigenvalue weighted by atomic mass is 16.2. The van der Waals surface area contributed by atoms with Crippen LogP contribution in [-0.2, 0) is 0 Å². The normalized spacial score (nSPS) is 11.6. The molecule has 1 aromatic rings. The maximum Gasteiger partial charge on any atom is 0.351 e. The van der Waals surface area contributed by atoms with Gasteiger partial charge in [0.05, 0.1) is 0 Å². The van der Waals surface area contributed by atoms with Gasteiger partial charge < -0.3 is 0 Å². The van der Waals surface area contributed by atoms with E-state index in [2.05, 4.69) is 28.1 Å². The molecule has 0 unspecified atom stereocenters. The zero-order chi connectivity index (χ0) is 12.0. The van der Waals surface area contributed by atoms with E-state index >= 15 is 0 Å². The fourth-order valence-corrected chi connectivity index (χ4v) is 0.955. The molecule has 82 valence electrons. The maximum absolute atomic E-state index is 11.0. The van der Waals surface area contributed by atoms with E-state index in [4.69, 9.17) is 0 Å². The van der Waals surface area contributed by atoms with Crippen LogP contribution in [0.2, 0.25) is 0 Å². The molecule has 2 N–H and O–H groups in total. The van der Waals surface area contributed by atoms with Gasteiger partial charge in [0.2, 0.25) is 0 Å². The van der Waals surface area contributed by atoms with Crippen LogP contribution < -0.4 is 11.4 Å². The van der Waals surface area contributed by atoms with Gasteiger partial charge in [-0.1, -0.05) is 25.3 Å². The van der Waals surface area contributed by atoms with Crippen molar-refractivity contribution in [2.45, 2.75) is 0 Å². The first-order valence-electron chi connectivity index (χ1n) is 4.36. The molecule has 1 aromatic heterocycles. The summed E-state index contributed by atoms with van der Waals surface area (Å²) < 4.78 is 0. The molecule has 0 aliphatic heterocycles. The quantitative estimate of drug-likeness (QED) is 0.556. The molecular weight excluding hydrogens is 208 g/mol. The molecule has 1 rings (SSSR count). The monoisotopic (exact) mass is 218 g/mol. The van der Waals surface area contributed by atoms with Crippen molar-refractivity contribution in [3.63, 3.8) is 0 Å². The standard InChI is InChI=1S/C10H10N4O2/c1-3-5-6-7(11-4-2)8-12-9(15)14-10(16)13-8/h3-6H,1-2H2,(H2,12,13,14,15,16)/b6-5-,11-7+. The minimum Gasteiger partial charge on any atom is -0.290 e. The Kier molecular flexibility index (Phi) is 3.90. The summed E-state index contributed by atoms with van der Waals surface area (Å²) in [5.74, 6) is 0.0757. The molecule has 1 heterocycles. The predicted molar refractivity (Wildman–Crippen MR) is 61.5 cm³/mol. The average molecular weight is 218 g/mol. The van der Waals surface area contributed by atoms with E-state index in [1.165, 1.54) is 12.3 Å².